The third kappa shape index (κ3) is 4.39. The molecular weight excluding hydrogens is 370 g/mol. The van der Waals surface area contributed by atoms with Crippen LogP contribution in [0.5, 0.6) is 0 Å². The van der Waals surface area contributed by atoms with Gasteiger partial charge in [-0.1, -0.05) is 12.1 Å². The fourth-order valence-corrected chi connectivity index (χ4v) is 3.33. The lowest BCUT2D eigenvalue weighted by Gasteiger charge is -2.04. The Morgan fingerprint density at radius 3 is 2.56 bits per heavy atom. The largest absolute Gasteiger partial charge is 0.459 e. The summed E-state index contributed by atoms with van der Waals surface area (Å²) in [5, 5.41) is 16.7. The van der Waals surface area contributed by atoms with Crippen LogP contribution < -0.4 is 10.6 Å². The molecule has 2 aromatic heterocycles. The van der Waals surface area contributed by atoms with Crippen LogP contribution in [-0.4, -0.2) is 16.7 Å². The fraction of sp³-hybridized carbons (Fsp3) is 0.111. The van der Waals surface area contributed by atoms with Crippen molar-refractivity contribution >= 4 is 33.8 Å². The van der Waals surface area contributed by atoms with E-state index in [2.05, 4.69) is 10.6 Å². The maximum absolute atomic E-state index is 12.4. The number of carbonyl (C=O) groups excluding carboxylic acids is 2. The predicted molar refractivity (Wildman–Crippen MR) is 100.0 cm³/mol. The van der Waals surface area contributed by atoms with E-state index in [4.69, 9.17) is 4.42 Å². The van der Waals surface area contributed by atoms with Crippen LogP contribution in [0.15, 0.2) is 53.1 Å². The van der Waals surface area contributed by atoms with Gasteiger partial charge in [0.15, 0.2) is 5.76 Å². The van der Waals surface area contributed by atoms with Gasteiger partial charge in [0, 0.05) is 18.7 Å². The maximum Gasteiger partial charge on any atom is 0.291 e. The van der Waals surface area contributed by atoms with Gasteiger partial charge in [-0.15, -0.1) is 11.3 Å². The first-order valence-corrected chi connectivity index (χ1v) is 8.72. The van der Waals surface area contributed by atoms with Crippen LogP contribution in [0.25, 0.3) is 0 Å². The molecule has 3 aromatic rings. The van der Waals surface area contributed by atoms with Crippen LogP contribution >= 0.6 is 11.3 Å². The lowest BCUT2D eigenvalue weighted by molar-refractivity contribution is -0.384. The summed E-state index contributed by atoms with van der Waals surface area (Å²) in [6.45, 7) is 2.02. The minimum absolute atomic E-state index is 0.00359. The van der Waals surface area contributed by atoms with Gasteiger partial charge in [0.05, 0.1) is 21.1 Å². The quantitative estimate of drug-likeness (QED) is 0.495. The number of aryl methyl sites for hydroxylation is 1. The van der Waals surface area contributed by atoms with Crippen molar-refractivity contribution in [2.24, 2.45) is 0 Å². The highest BCUT2D eigenvalue weighted by Gasteiger charge is 2.16. The minimum Gasteiger partial charge on any atom is -0.459 e. The van der Waals surface area contributed by atoms with Crippen LogP contribution in [0.3, 0.4) is 0 Å². The average molecular weight is 385 g/mol. The van der Waals surface area contributed by atoms with Crippen molar-refractivity contribution in [1.29, 1.82) is 0 Å². The molecule has 3 rings (SSSR count). The van der Waals surface area contributed by atoms with Crippen molar-refractivity contribution in [2.75, 3.05) is 5.32 Å². The molecular formula is C18H15N3O5S. The smallest absolute Gasteiger partial charge is 0.291 e. The second kappa shape index (κ2) is 7.83. The minimum atomic E-state index is -0.476. The van der Waals surface area contributed by atoms with Gasteiger partial charge in [0.1, 0.15) is 0 Å². The van der Waals surface area contributed by atoms with Crippen molar-refractivity contribution in [1.82, 2.24) is 5.32 Å². The molecule has 27 heavy (non-hydrogen) atoms. The number of nitro groups is 1. The molecule has 0 bridgehead atoms. The van der Waals surface area contributed by atoms with Crippen molar-refractivity contribution in [3.05, 3.63) is 80.6 Å². The number of non-ortho nitro benzene ring substituents is 1. The Morgan fingerprint density at radius 2 is 1.93 bits per heavy atom. The molecule has 0 unspecified atom stereocenters. The SMILES string of the molecule is Cc1cc(NC(=O)c2ccco2)sc1C(=O)NCc1ccc([N+](=O)[O-])cc1. The average Bonchev–Trinajstić information content (AvgIpc) is 3.30. The van der Waals surface area contributed by atoms with E-state index >= 15 is 0 Å². The number of furan rings is 1. The first kappa shape index (κ1) is 18.3. The molecule has 0 fully saturated rings. The van der Waals surface area contributed by atoms with Crippen molar-refractivity contribution in [2.45, 2.75) is 13.5 Å². The lowest BCUT2D eigenvalue weighted by atomic mass is 10.2. The Morgan fingerprint density at radius 1 is 1.19 bits per heavy atom. The molecule has 2 amide bonds. The summed E-state index contributed by atoms with van der Waals surface area (Å²) < 4.78 is 5.03. The van der Waals surface area contributed by atoms with Crippen molar-refractivity contribution in [3.63, 3.8) is 0 Å². The summed E-state index contributed by atoms with van der Waals surface area (Å²) in [6, 6.07) is 10.8. The van der Waals surface area contributed by atoms with Crippen LogP contribution in [0.1, 0.15) is 31.4 Å². The molecule has 0 aliphatic rings. The summed E-state index contributed by atoms with van der Waals surface area (Å²) in [5.41, 5.74) is 1.47. The van der Waals surface area contributed by atoms with Crippen LogP contribution in [0.4, 0.5) is 10.7 Å². The first-order valence-electron chi connectivity index (χ1n) is 7.91. The number of thiophene rings is 1. The zero-order valence-corrected chi connectivity index (χ0v) is 15.0. The Kier molecular flexibility index (Phi) is 5.32. The molecule has 8 nitrogen and oxygen atoms in total. The molecule has 0 aliphatic heterocycles. The Hall–Kier alpha value is -3.46. The summed E-state index contributed by atoms with van der Waals surface area (Å²) in [7, 11) is 0. The molecule has 0 saturated carbocycles. The number of carbonyl (C=O) groups is 2. The lowest BCUT2D eigenvalue weighted by Crippen LogP contribution is -2.22. The topological polar surface area (TPSA) is 114 Å². The molecule has 0 radical (unpaired) electrons. The summed E-state index contributed by atoms with van der Waals surface area (Å²) in [4.78, 5) is 35.1. The van der Waals surface area contributed by atoms with E-state index < -0.39 is 4.92 Å². The highest BCUT2D eigenvalue weighted by Crippen LogP contribution is 2.27. The Bertz CT molecular complexity index is 977. The second-order valence-electron chi connectivity index (χ2n) is 5.66. The zero-order valence-electron chi connectivity index (χ0n) is 14.2. The van der Waals surface area contributed by atoms with E-state index in [1.54, 1.807) is 37.3 Å². The second-order valence-corrected chi connectivity index (χ2v) is 6.71. The standard InChI is InChI=1S/C18H15N3O5S/c1-11-9-15(20-17(22)14-3-2-8-26-14)27-16(11)18(23)19-10-12-4-6-13(7-5-12)21(24)25/h2-9H,10H2,1H3,(H,19,23)(H,20,22). The highest BCUT2D eigenvalue weighted by atomic mass is 32.1. The van der Waals surface area contributed by atoms with Gasteiger partial charge in [0.2, 0.25) is 0 Å². The molecule has 0 aliphatic carbocycles. The number of nitrogens with zero attached hydrogens (tertiary/aromatic N) is 1. The number of hydrogen-bond acceptors (Lipinski definition) is 6. The van der Waals surface area contributed by atoms with E-state index in [-0.39, 0.29) is 29.8 Å². The van der Waals surface area contributed by atoms with Crippen LogP contribution in [0.2, 0.25) is 0 Å². The van der Waals surface area contributed by atoms with Gasteiger partial charge >= 0.3 is 0 Å². The first-order chi connectivity index (χ1) is 12.9. The van der Waals surface area contributed by atoms with Gasteiger partial charge in [-0.3, -0.25) is 19.7 Å². The number of benzene rings is 1. The van der Waals surface area contributed by atoms with Gasteiger partial charge < -0.3 is 15.1 Å². The molecule has 9 heteroatoms. The van der Waals surface area contributed by atoms with E-state index in [1.807, 2.05) is 0 Å². The molecule has 0 saturated heterocycles. The summed E-state index contributed by atoms with van der Waals surface area (Å²) >= 11 is 1.16. The normalized spacial score (nSPS) is 10.4. The van der Waals surface area contributed by atoms with Crippen molar-refractivity contribution in [3.8, 4) is 0 Å². The number of hydrogen-bond donors (Lipinski definition) is 2. The Balaban J connectivity index is 1.62. The highest BCUT2D eigenvalue weighted by molar-refractivity contribution is 7.18. The van der Waals surface area contributed by atoms with Crippen LogP contribution in [0, 0.1) is 17.0 Å². The van der Waals surface area contributed by atoms with E-state index in [1.165, 1.54) is 18.4 Å². The van der Waals surface area contributed by atoms with Gasteiger partial charge in [0.25, 0.3) is 17.5 Å². The predicted octanol–water partition coefficient (Wildman–Crippen LogP) is 3.74. The van der Waals surface area contributed by atoms with Crippen molar-refractivity contribution < 1.29 is 18.9 Å². The summed E-state index contributed by atoms with van der Waals surface area (Å²) in [5.74, 6) is -0.487. The maximum atomic E-state index is 12.4. The van der Waals surface area contributed by atoms with E-state index in [0.717, 1.165) is 22.5 Å². The fourth-order valence-electron chi connectivity index (χ4n) is 2.35. The van der Waals surface area contributed by atoms with Gasteiger partial charge in [-0.25, -0.2) is 0 Å². The zero-order chi connectivity index (χ0) is 19.4. The third-order valence-corrected chi connectivity index (χ3v) is 4.86. The molecule has 2 N–H and O–H groups in total. The Labute approximate surface area is 158 Å². The molecule has 0 atom stereocenters. The van der Waals surface area contributed by atoms with Gasteiger partial charge in [-0.2, -0.15) is 0 Å². The monoisotopic (exact) mass is 385 g/mol. The number of anilines is 1. The number of amides is 2. The summed E-state index contributed by atoms with van der Waals surface area (Å²) in [6.07, 6.45) is 1.41. The van der Waals surface area contributed by atoms with E-state index in [9.17, 15) is 19.7 Å². The molecule has 1 aromatic carbocycles. The molecule has 2 heterocycles. The van der Waals surface area contributed by atoms with Gasteiger partial charge in [-0.05, 0) is 36.2 Å². The third-order valence-electron chi connectivity index (χ3n) is 3.71. The molecule has 138 valence electrons. The van der Waals surface area contributed by atoms with Crippen LogP contribution in [-0.2, 0) is 6.54 Å². The number of nitrogens with one attached hydrogen (secondary N) is 2. The number of rotatable bonds is 6. The van der Waals surface area contributed by atoms with E-state index in [0.29, 0.717) is 9.88 Å². The molecule has 0 spiro atoms. The number of nitro benzene ring substituents is 1.